The first kappa shape index (κ1) is 23.5. The summed E-state index contributed by atoms with van der Waals surface area (Å²) in [6.45, 7) is 11.0. The number of rotatable bonds is 4. The van der Waals surface area contributed by atoms with Gasteiger partial charge in [-0.3, -0.25) is 19.2 Å². The maximum atomic E-state index is 13.0. The molecule has 0 aromatic carbocycles. The van der Waals surface area contributed by atoms with Crippen LogP contribution in [-0.4, -0.2) is 83.3 Å². The summed E-state index contributed by atoms with van der Waals surface area (Å²) in [7, 11) is 0. The lowest BCUT2D eigenvalue weighted by Crippen LogP contribution is -2.48. The SMILES string of the molecule is CCOC(=O)C1CCN(C(=O)C2CCN(C(=O)C3CC(=O)N(C(C)(C)C)C3)CC2)CC1. The molecule has 0 radical (unpaired) electrons. The Kier molecular flexibility index (Phi) is 7.27. The van der Waals surface area contributed by atoms with E-state index in [9.17, 15) is 19.2 Å². The summed E-state index contributed by atoms with van der Waals surface area (Å²) in [4.78, 5) is 55.6. The zero-order valence-electron chi connectivity index (χ0n) is 19.4. The fraction of sp³-hybridized carbons (Fsp3) is 0.826. The quantitative estimate of drug-likeness (QED) is 0.627. The zero-order chi connectivity index (χ0) is 22.8. The van der Waals surface area contributed by atoms with Crippen LogP contribution in [0.2, 0.25) is 0 Å². The van der Waals surface area contributed by atoms with Crippen LogP contribution in [0.15, 0.2) is 0 Å². The number of carbonyl (C=O) groups excluding carboxylic acids is 4. The molecule has 0 aliphatic carbocycles. The van der Waals surface area contributed by atoms with Crippen molar-refractivity contribution in [2.24, 2.45) is 17.8 Å². The molecule has 8 nitrogen and oxygen atoms in total. The second-order valence-corrected chi connectivity index (χ2v) is 10.0. The molecule has 0 N–H and O–H groups in total. The topological polar surface area (TPSA) is 87.2 Å². The molecule has 0 aromatic heterocycles. The molecule has 3 aliphatic rings. The number of nitrogens with zero attached hydrogens (tertiary/aromatic N) is 3. The van der Waals surface area contributed by atoms with Gasteiger partial charge in [0.05, 0.1) is 18.4 Å². The van der Waals surface area contributed by atoms with Crippen LogP contribution in [0.1, 0.15) is 59.8 Å². The van der Waals surface area contributed by atoms with Gasteiger partial charge in [0.2, 0.25) is 17.7 Å². The summed E-state index contributed by atoms with van der Waals surface area (Å²) in [6, 6.07) is 0. The van der Waals surface area contributed by atoms with Gasteiger partial charge in [-0.05, 0) is 53.4 Å². The summed E-state index contributed by atoms with van der Waals surface area (Å²) in [5, 5.41) is 0. The normalized spacial score (nSPS) is 23.9. The van der Waals surface area contributed by atoms with Gasteiger partial charge >= 0.3 is 5.97 Å². The highest BCUT2D eigenvalue weighted by Crippen LogP contribution is 2.29. The molecular weight excluding hydrogens is 398 g/mol. The minimum absolute atomic E-state index is 0.0428. The van der Waals surface area contributed by atoms with Gasteiger partial charge in [0.15, 0.2) is 0 Å². The first-order valence-corrected chi connectivity index (χ1v) is 11.7. The van der Waals surface area contributed by atoms with E-state index < -0.39 is 0 Å². The molecular formula is C23H37N3O5. The van der Waals surface area contributed by atoms with E-state index >= 15 is 0 Å². The number of piperidine rings is 2. The molecule has 1 atom stereocenters. The molecule has 3 fully saturated rings. The van der Waals surface area contributed by atoms with Gasteiger partial charge in [-0.25, -0.2) is 0 Å². The first-order chi connectivity index (χ1) is 14.6. The number of esters is 1. The molecule has 0 saturated carbocycles. The molecule has 174 valence electrons. The Bertz CT molecular complexity index is 700. The maximum Gasteiger partial charge on any atom is 0.309 e. The minimum Gasteiger partial charge on any atom is -0.466 e. The predicted octanol–water partition coefficient (Wildman–Crippen LogP) is 1.67. The van der Waals surface area contributed by atoms with Crippen molar-refractivity contribution in [3.05, 3.63) is 0 Å². The predicted molar refractivity (Wildman–Crippen MR) is 115 cm³/mol. The second kappa shape index (κ2) is 9.57. The lowest BCUT2D eigenvalue weighted by atomic mass is 9.91. The standard InChI is InChI=1S/C23H37N3O5/c1-5-31-22(30)17-8-12-24(13-9-17)20(28)16-6-10-25(11-7-16)21(29)18-14-19(27)26(15-18)23(2,3)4/h16-18H,5-15H2,1-4H3. The number of amides is 3. The summed E-state index contributed by atoms with van der Waals surface area (Å²) < 4.78 is 5.10. The highest BCUT2D eigenvalue weighted by Gasteiger charge is 2.42. The van der Waals surface area contributed by atoms with Crippen LogP contribution in [0.3, 0.4) is 0 Å². The van der Waals surface area contributed by atoms with Gasteiger partial charge < -0.3 is 19.4 Å². The van der Waals surface area contributed by atoms with Crippen LogP contribution < -0.4 is 0 Å². The minimum atomic E-state index is -0.277. The van der Waals surface area contributed by atoms with Crippen molar-refractivity contribution in [2.45, 2.75) is 65.3 Å². The molecule has 0 bridgehead atoms. The number of hydrogen-bond donors (Lipinski definition) is 0. The Morgan fingerprint density at radius 2 is 1.35 bits per heavy atom. The molecule has 3 saturated heterocycles. The molecule has 0 spiro atoms. The highest BCUT2D eigenvalue weighted by molar-refractivity contribution is 5.90. The van der Waals surface area contributed by atoms with Crippen molar-refractivity contribution < 1.29 is 23.9 Å². The van der Waals surface area contributed by atoms with Gasteiger partial charge in [-0.15, -0.1) is 0 Å². The molecule has 8 heteroatoms. The van der Waals surface area contributed by atoms with Gasteiger partial charge in [-0.2, -0.15) is 0 Å². The van der Waals surface area contributed by atoms with Crippen LogP contribution in [0.4, 0.5) is 0 Å². The van der Waals surface area contributed by atoms with Crippen LogP contribution in [0.5, 0.6) is 0 Å². The maximum absolute atomic E-state index is 13.0. The van der Waals surface area contributed by atoms with E-state index in [1.165, 1.54) is 0 Å². The van der Waals surface area contributed by atoms with Crippen LogP contribution in [0, 0.1) is 17.8 Å². The van der Waals surface area contributed by atoms with Crippen molar-refractivity contribution in [2.75, 3.05) is 39.3 Å². The Labute approximate surface area is 185 Å². The number of likely N-dealkylation sites (tertiary alicyclic amines) is 3. The fourth-order valence-electron chi connectivity index (χ4n) is 4.98. The van der Waals surface area contributed by atoms with Crippen molar-refractivity contribution in [1.82, 2.24) is 14.7 Å². The van der Waals surface area contributed by atoms with Gasteiger partial charge in [0.25, 0.3) is 0 Å². The van der Waals surface area contributed by atoms with Crippen molar-refractivity contribution in [1.29, 1.82) is 0 Å². The van der Waals surface area contributed by atoms with Gasteiger partial charge in [0, 0.05) is 50.6 Å². The van der Waals surface area contributed by atoms with E-state index in [0.717, 1.165) is 0 Å². The zero-order valence-corrected chi connectivity index (χ0v) is 19.4. The number of hydrogen-bond acceptors (Lipinski definition) is 5. The molecule has 3 heterocycles. The lowest BCUT2D eigenvalue weighted by molar-refractivity contribution is -0.152. The van der Waals surface area contributed by atoms with Crippen LogP contribution in [0.25, 0.3) is 0 Å². The third kappa shape index (κ3) is 5.39. The average molecular weight is 436 g/mol. The third-order valence-electron chi connectivity index (χ3n) is 6.87. The summed E-state index contributed by atoms with van der Waals surface area (Å²) in [5.41, 5.74) is -0.272. The monoisotopic (exact) mass is 435 g/mol. The number of ether oxygens (including phenoxy) is 1. The number of carbonyl (C=O) groups is 4. The smallest absolute Gasteiger partial charge is 0.309 e. The van der Waals surface area contributed by atoms with Crippen molar-refractivity contribution in [3.8, 4) is 0 Å². The van der Waals surface area contributed by atoms with Crippen LogP contribution in [-0.2, 0) is 23.9 Å². The van der Waals surface area contributed by atoms with Crippen LogP contribution >= 0.6 is 0 Å². The summed E-state index contributed by atoms with van der Waals surface area (Å²) in [6.07, 6.45) is 2.91. The van der Waals surface area contributed by atoms with E-state index in [2.05, 4.69) is 0 Å². The largest absolute Gasteiger partial charge is 0.466 e. The van der Waals surface area contributed by atoms with Gasteiger partial charge in [0.1, 0.15) is 0 Å². The Hall–Kier alpha value is -2.12. The van der Waals surface area contributed by atoms with E-state index in [-0.39, 0.29) is 53.4 Å². The summed E-state index contributed by atoms with van der Waals surface area (Å²) in [5.74, 6) is -0.379. The lowest BCUT2D eigenvalue weighted by Gasteiger charge is -2.37. The van der Waals surface area contributed by atoms with Crippen molar-refractivity contribution in [3.63, 3.8) is 0 Å². The van der Waals surface area contributed by atoms with E-state index in [1.54, 1.807) is 11.8 Å². The molecule has 3 rings (SSSR count). The summed E-state index contributed by atoms with van der Waals surface area (Å²) >= 11 is 0. The third-order valence-corrected chi connectivity index (χ3v) is 6.87. The van der Waals surface area contributed by atoms with E-state index in [0.29, 0.717) is 65.0 Å². The van der Waals surface area contributed by atoms with Crippen molar-refractivity contribution >= 4 is 23.7 Å². The van der Waals surface area contributed by atoms with E-state index in [4.69, 9.17) is 4.74 Å². The first-order valence-electron chi connectivity index (χ1n) is 11.7. The Balaban J connectivity index is 1.45. The molecule has 31 heavy (non-hydrogen) atoms. The molecule has 0 aromatic rings. The Morgan fingerprint density at radius 1 is 0.871 bits per heavy atom. The fourth-order valence-corrected chi connectivity index (χ4v) is 4.98. The average Bonchev–Trinajstić information content (AvgIpc) is 3.15. The van der Waals surface area contributed by atoms with E-state index in [1.807, 2.05) is 30.6 Å². The Morgan fingerprint density at radius 3 is 1.81 bits per heavy atom. The second-order valence-electron chi connectivity index (χ2n) is 10.0. The van der Waals surface area contributed by atoms with Gasteiger partial charge in [-0.1, -0.05) is 0 Å². The highest BCUT2D eigenvalue weighted by atomic mass is 16.5. The molecule has 3 amide bonds. The molecule has 1 unspecified atom stereocenters. The molecule has 3 aliphatic heterocycles.